The van der Waals surface area contributed by atoms with Gasteiger partial charge in [0, 0.05) is 85.1 Å². The minimum atomic E-state index is -4.19. The summed E-state index contributed by atoms with van der Waals surface area (Å²) >= 11 is 19.3. The van der Waals surface area contributed by atoms with Crippen LogP contribution in [0.15, 0.2) is 0 Å². The van der Waals surface area contributed by atoms with Crippen LogP contribution in [-0.4, -0.2) is 376 Å². The number of hydrogen-bond donors (Lipinski definition) is 4. The Morgan fingerprint density at radius 1 is 0.438 bits per heavy atom. The molecule has 26 nitrogen and oxygen atoms in total. The number of aliphatic carboxylic acids is 2. The summed E-state index contributed by atoms with van der Waals surface area (Å²) in [7, 11) is 31.6. The monoisotopic (exact) mass is 2320 g/mol. The molecule has 0 atom stereocenters. The Labute approximate surface area is 727 Å². The molecule has 0 aromatic rings. The van der Waals surface area contributed by atoms with Gasteiger partial charge in [-0.05, 0) is 113 Å². The van der Waals surface area contributed by atoms with Gasteiger partial charge in [0.25, 0.3) is 0 Å². The zero-order valence-corrected chi connectivity index (χ0v) is 88.8. The quantitative estimate of drug-likeness (QED) is 0.0153. The van der Waals surface area contributed by atoms with Crippen LogP contribution in [0.1, 0.15) is 120 Å². The van der Waals surface area contributed by atoms with Gasteiger partial charge in [-0.1, -0.05) is 87.2 Å². The maximum atomic E-state index is 11.8. The first-order chi connectivity index (χ1) is 47.2. The fourth-order valence-electron chi connectivity index (χ4n) is 13.9. The van der Waals surface area contributed by atoms with Crippen molar-refractivity contribution in [3.05, 3.63) is 10.4 Å². The summed E-state index contributed by atoms with van der Waals surface area (Å²) in [4.78, 5) is 30.6. The van der Waals surface area contributed by atoms with E-state index >= 15 is 0 Å². The van der Waals surface area contributed by atoms with Gasteiger partial charge < -0.3 is 108 Å². The van der Waals surface area contributed by atoms with Crippen molar-refractivity contribution in [1.82, 2.24) is 19.6 Å². The number of rotatable bonds is 46. The number of carboxylic acids is 2. The second-order valence-corrected chi connectivity index (χ2v) is 84.9. The Balaban J connectivity index is -0.000000181. The average Bonchev–Trinajstić information content (AvgIpc) is 0.827. The predicted molar refractivity (Wildman–Crippen MR) is 478 cm³/mol. The Kier molecular flexibility index (Phi) is 72.6. The van der Waals surface area contributed by atoms with E-state index in [0.29, 0.717) is 90.3 Å². The van der Waals surface area contributed by atoms with Crippen molar-refractivity contribution in [1.29, 1.82) is 0 Å². The predicted octanol–water partition coefficient (Wildman–Crippen LogP) is 7.30. The van der Waals surface area contributed by atoms with Gasteiger partial charge in [0.15, 0.2) is 0 Å². The number of aliphatic hydroxyl groups excluding tert-OH is 2. The number of quaternary nitrogens is 6. The van der Waals surface area contributed by atoms with Gasteiger partial charge >= 0.3 is 114 Å². The number of likely N-dealkylation sites (N-methyl/N-ethyl adjacent to an activating group) is 2. The van der Waals surface area contributed by atoms with E-state index < -0.39 is 37.6 Å². The van der Waals surface area contributed by atoms with E-state index in [1.807, 2.05) is 56.4 Å². The number of carbonyl (C=O) groups is 2. The third kappa shape index (κ3) is 74.0. The molecule has 0 heterocycles. The van der Waals surface area contributed by atoms with Gasteiger partial charge in [-0.15, -0.1) is 0 Å². The van der Waals surface area contributed by atoms with Crippen molar-refractivity contribution in [2.75, 3.05) is 281 Å². The second-order valence-electron chi connectivity index (χ2n) is 33.6. The molecule has 37 heteroatoms. The van der Waals surface area contributed by atoms with E-state index in [0.717, 1.165) is 75.4 Å². The molecule has 0 aliphatic rings. The molecule has 0 unspecified atom stereocenters. The number of nitrogens with two attached hydrogens (primary N) is 2. The Bertz CT molecular complexity index is 2230. The summed E-state index contributed by atoms with van der Waals surface area (Å²) in [6.07, 6.45) is 8.58. The number of aliphatic hydroxyl groups is 2. The number of alkyl halides is 2. The number of halogens is 7. The third-order valence-corrected chi connectivity index (χ3v) is 22.6. The van der Waals surface area contributed by atoms with E-state index in [1.54, 1.807) is 28.2 Å². The summed E-state index contributed by atoms with van der Waals surface area (Å²) in [6, 6.07) is 0. The van der Waals surface area contributed by atoms with Crippen LogP contribution >= 0.6 is 132 Å². The number of nitrogens with zero attached hydrogens (tertiary/aromatic N) is 10. The molecule has 0 saturated carbocycles. The molecule has 0 aliphatic heterocycles. The Hall–Kier alpha value is 3.90. The van der Waals surface area contributed by atoms with Gasteiger partial charge in [-0.25, -0.2) is 16.8 Å². The van der Waals surface area contributed by atoms with Gasteiger partial charge in [-0.3, -0.25) is 0 Å². The van der Waals surface area contributed by atoms with Crippen molar-refractivity contribution in [2.24, 2.45) is 44.0 Å². The van der Waals surface area contributed by atoms with E-state index in [1.165, 1.54) is 25.9 Å². The van der Waals surface area contributed by atoms with E-state index in [2.05, 4.69) is 263 Å². The van der Waals surface area contributed by atoms with Gasteiger partial charge in [0.2, 0.25) is 0 Å². The summed E-state index contributed by atoms with van der Waals surface area (Å²) < 4.78 is 66.3. The van der Waals surface area contributed by atoms with Gasteiger partial charge in [0.1, 0.15) is 13.1 Å². The fourth-order valence-corrected chi connectivity index (χ4v) is 16.5. The molecule has 0 aromatic carbocycles. The van der Waals surface area contributed by atoms with Gasteiger partial charge in [-0.2, -0.15) is 0 Å². The fraction of sp³-hybridized carbons (Fsp3) is 0.971. The molecular formula is C68H154Br2I5N12O14S2V2. The second kappa shape index (κ2) is 61.2. The number of carboxylic acid groups (broad SMARTS) is 2. The van der Waals surface area contributed by atoms with Crippen molar-refractivity contribution in [2.45, 2.75) is 120 Å². The van der Waals surface area contributed by atoms with Crippen LogP contribution in [0.5, 0.6) is 0 Å². The Morgan fingerprint density at radius 2 is 0.638 bits per heavy atom. The molecule has 0 saturated heterocycles. The molecule has 0 bridgehead atoms. The first-order valence-electron chi connectivity index (χ1n) is 35.8. The maximum absolute atomic E-state index is 11.8. The Morgan fingerprint density at radius 3 is 0.781 bits per heavy atom. The third-order valence-electron chi connectivity index (χ3n) is 18.6. The molecule has 105 heavy (non-hydrogen) atoms. The molecule has 6 N–H and O–H groups in total. The number of carbonyl (C=O) groups excluding carboxylic acids is 2. The summed E-state index contributed by atoms with van der Waals surface area (Å²) in [5.41, 5.74) is 10.4. The van der Waals surface area contributed by atoms with Crippen molar-refractivity contribution >= 4 is 164 Å². The molecule has 0 aliphatic carbocycles. The summed E-state index contributed by atoms with van der Waals surface area (Å²) in [6.45, 7) is 27.0. The van der Waals surface area contributed by atoms with Crippen LogP contribution in [0.3, 0.4) is 0 Å². The molecule has 641 valence electrons. The topological polar surface area (TPSA) is 346 Å². The molecule has 0 rings (SSSR count). The number of hydroxylamine groups is 6. The SMILES string of the molecule is CCC(CC)(CN(C)C)CN(C)C.CCC(CC)(C[N+](C)(C)CC(=O)[O-])C[N+](C)(C)CC(=O)[O-].CCC(CC)(C[N+](C)(C)CCCS(=O)(=O)[O-])C[N+](C)(C)CCCS(=O)(=O)[O-].CCC(CC)(C[N+](C)(C)[O-])C[N+](C)(C)[O-].CN(C)CC(CBr)(CBr)CN(C)C.NCC(CN)(CO)CO.[I][V]([I])[I].[I][V][I]. The van der Waals surface area contributed by atoms with Crippen molar-refractivity contribution in [3.63, 3.8) is 0 Å². The average molecular weight is 2320 g/mol. The number of hydrogen-bond acceptors (Lipinski definition) is 20. The van der Waals surface area contributed by atoms with Crippen LogP contribution in [0.4, 0.5) is 0 Å². The molecule has 0 fully saturated rings. The van der Waals surface area contributed by atoms with Crippen molar-refractivity contribution in [3.8, 4) is 0 Å². The molecule has 0 radical (unpaired) electrons. The van der Waals surface area contributed by atoms with Crippen LogP contribution in [-0.2, 0) is 44.2 Å². The standard InChI is InChI=1S/C17H38N2O6S2.C15H30N2O4.C11H26N2O2.C11H26N2.C9H20Br2N2.C5H14N2O2.5HI.2V/c1-7-17(8-2,15-18(3,4)11-9-13-26(20,21)22)16-19(5,6)12-10-14-27(23,24)25;1-7-15(8-2,11-16(3,4)9-13(18)19)12-17(5,6)10-14(20)21;1-7-11(8-2,9-12(3,4)14)10-13(5,6)15;1-7-11(8-2,9-12(3)4)10-13(5)6;1-12(2)7-9(5-10,6-11)8-13(3)4;6-1-5(2-7,3-8)4-9;;;;;;;/h7-16H2,1-6H3;7-12H2,1-6H3;7-10H2,1-6H3;7-10H2,1-6H3;5-8H2,1-4H3;8-9H,1-4,6-7H2;5*1H;;/q;;;;;;;;;;;+2;+3/p-5. The molecular weight excluding hydrogens is 2170 g/mol. The van der Waals surface area contributed by atoms with Crippen molar-refractivity contribution < 1.29 is 97.6 Å². The molecule has 0 aromatic heterocycles. The zero-order valence-electron chi connectivity index (χ0n) is 70.4. The zero-order chi connectivity index (χ0) is 85.4. The first kappa shape index (κ1) is 125. The summed E-state index contributed by atoms with van der Waals surface area (Å²) in [5.74, 6) is -2.81. The van der Waals surface area contributed by atoms with E-state index in [4.69, 9.17) is 21.7 Å². The van der Waals surface area contributed by atoms with Crippen LogP contribution in [0.2, 0.25) is 0 Å². The minimum absolute atomic E-state index is 0.000318. The normalized spacial score (nSPS) is 13.1. The van der Waals surface area contributed by atoms with E-state index in [-0.39, 0.29) is 81.4 Å². The first-order valence-corrected chi connectivity index (χ1v) is 63.7. The van der Waals surface area contributed by atoms with Gasteiger partial charge in [0.05, 0.1) is 199 Å². The van der Waals surface area contributed by atoms with Crippen LogP contribution in [0.25, 0.3) is 0 Å². The summed E-state index contributed by atoms with van der Waals surface area (Å²) in [5, 5.41) is 64.7. The van der Waals surface area contributed by atoms with Crippen LogP contribution in [0, 0.1) is 42.9 Å². The molecule has 0 spiro atoms. The van der Waals surface area contributed by atoms with Crippen LogP contribution < -0.4 is 21.7 Å². The molecule has 0 amide bonds. The van der Waals surface area contributed by atoms with E-state index in [9.17, 15) is 56.2 Å².